The highest BCUT2D eigenvalue weighted by Crippen LogP contribution is 2.47. The summed E-state index contributed by atoms with van der Waals surface area (Å²) in [6.45, 7) is 2.31. The van der Waals surface area contributed by atoms with Gasteiger partial charge in [0.1, 0.15) is 0 Å². The topological polar surface area (TPSA) is 31.6 Å². The third-order valence-electron chi connectivity index (χ3n) is 4.74. The van der Waals surface area contributed by atoms with Crippen molar-refractivity contribution in [2.45, 2.75) is 18.3 Å². The van der Waals surface area contributed by atoms with Crippen LogP contribution in [0.2, 0.25) is 0 Å². The average Bonchev–Trinajstić information content (AvgIpc) is 3.25. The summed E-state index contributed by atoms with van der Waals surface area (Å²) in [5.41, 5.74) is 5.06. The molecule has 2 heterocycles. The van der Waals surface area contributed by atoms with Crippen LogP contribution in [-0.4, -0.2) is 9.97 Å². The highest BCUT2D eigenvalue weighted by Gasteiger charge is 2.41. The number of aromatic amines is 2. The normalized spacial score (nSPS) is 17.1. The Hall–Kier alpha value is -2.48. The van der Waals surface area contributed by atoms with Gasteiger partial charge in [-0.15, -0.1) is 0 Å². The molecule has 1 unspecified atom stereocenters. The zero-order valence-electron chi connectivity index (χ0n) is 12.0. The largest absolute Gasteiger partial charge is 0.364 e. The van der Waals surface area contributed by atoms with Crippen LogP contribution >= 0.6 is 0 Å². The van der Waals surface area contributed by atoms with Crippen LogP contribution in [0.15, 0.2) is 67.0 Å². The highest BCUT2D eigenvalue weighted by molar-refractivity contribution is 5.65. The van der Waals surface area contributed by atoms with Crippen molar-refractivity contribution in [3.05, 3.63) is 89.5 Å². The van der Waals surface area contributed by atoms with Crippen LogP contribution in [0, 0.1) is 0 Å². The average molecular weight is 274 g/mol. The maximum Gasteiger partial charge on any atom is 0.0578 e. The molecule has 2 nitrogen and oxygen atoms in total. The minimum atomic E-state index is -0.129. The van der Waals surface area contributed by atoms with Crippen molar-refractivity contribution in [3.8, 4) is 0 Å². The molecule has 1 aliphatic carbocycles. The van der Waals surface area contributed by atoms with E-state index in [1.807, 2.05) is 12.4 Å². The van der Waals surface area contributed by atoms with Crippen LogP contribution in [0.4, 0.5) is 0 Å². The number of rotatable bonds is 3. The van der Waals surface area contributed by atoms with Crippen LogP contribution in [0.25, 0.3) is 6.08 Å². The van der Waals surface area contributed by atoms with Crippen LogP contribution in [0.1, 0.15) is 35.4 Å². The number of aromatic nitrogens is 2. The van der Waals surface area contributed by atoms with Crippen molar-refractivity contribution in [3.63, 3.8) is 0 Å². The van der Waals surface area contributed by atoms with E-state index in [1.165, 1.54) is 22.5 Å². The predicted octanol–water partition coefficient (Wildman–Crippen LogP) is 4.46. The van der Waals surface area contributed by atoms with Crippen LogP contribution in [-0.2, 0) is 5.41 Å². The Morgan fingerprint density at radius 1 is 0.857 bits per heavy atom. The number of allylic oxidation sites excluding steroid dienone is 1. The lowest BCUT2D eigenvalue weighted by Crippen LogP contribution is -2.31. The zero-order chi connectivity index (χ0) is 14.3. The molecular formula is C19H18N2. The lowest BCUT2D eigenvalue weighted by Gasteiger charge is -2.34. The van der Waals surface area contributed by atoms with Crippen molar-refractivity contribution in [2.75, 3.05) is 0 Å². The minimum Gasteiger partial charge on any atom is -0.364 e. The maximum absolute atomic E-state index is 3.42. The van der Waals surface area contributed by atoms with Crippen LogP contribution in [0.3, 0.4) is 0 Å². The molecule has 3 aromatic rings. The van der Waals surface area contributed by atoms with Gasteiger partial charge in [0.2, 0.25) is 0 Å². The summed E-state index contributed by atoms with van der Waals surface area (Å²) < 4.78 is 0. The Bertz CT molecular complexity index is 730. The van der Waals surface area contributed by atoms with Crippen molar-refractivity contribution in [1.29, 1.82) is 0 Å². The zero-order valence-corrected chi connectivity index (χ0v) is 12.0. The molecule has 0 saturated carbocycles. The fourth-order valence-electron chi connectivity index (χ4n) is 3.54. The van der Waals surface area contributed by atoms with Gasteiger partial charge in [0.05, 0.1) is 5.41 Å². The number of H-pyrrole nitrogens is 2. The molecule has 21 heavy (non-hydrogen) atoms. The summed E-state index contributed by atoms with van der Waals surface area (Å²) in [5.74, 6) is 0.325. The van der Waals surface area contributed by atoms with Gasteiger partial charge in [-0.2, -0.15) is 0 Å². The predicted molar refractivity (Wildman–Crippen MR) is 86.3 cm³/mol. The number of nitrogens with one attached hydrogen (secondary N) is 2. The lowest BCUT2D eigenvalue weighted by atomic mass is 9.70. The molecule has 1 atom stereocenters. The van der Waals surface area contributed by atoms with Gasteiger partial charge in [-0.1, -0.05) is 36.4 Å². The first kappa shape index (κ1) is 12.3. The lowest BCUT2D eigenvalue weighted by molar-refractivity contribution is 0.490. The van der Waals surface area contributed by atoms with E-state index in [0.717, 1.165) is 0 Å². The summed E-state index contributed by atoms with van der Waals surface area (Å²) >= 11 is 0. The molecule has 2 aromatic heterocycles. The van der Waals surface area contributed by atoms with Gasteiger partial charge in [0.25, 0.3) is 0 Å². The number of benzene rings is 1. The number of hydrogen-bond donors (Lipinski definition) is 2. The first-order chi connectivity index (χ1) is 10.3. The van der Waals surface area contributed by atoms with E-state index < -0.39 is 0 Å². The minimum absolute atomic E-state index is 0.129. The molecule has 0 aliphatic heterocycles. The first-order valence-corrected chi connectivity index (χ1v) is 7.35. The molecule has 0 spiro atoms. The van der Waals surface area contributed by atoms with Gasteiger partial charge in [-0.05, 0) is 42.3 Å². The van der Waals surface area contributed by atoms with Gasteiger partial charge in [0.15, 0.2) is 0 Å². The third-order valence-corrected chi connectivity index (χ3v) is 4.74. The SMILES string of the molecule is CC(c1ccc[nH]1)(c1ccc[nH]1)C1C=Cc2ccccc21. The summed E-state index contributed by atoms with van der Waals surface area (Å²) in [6.07, 6.45) is 8.57. The molecule has 1 aliphatic rings. The van der Waals surface area contributed by atoms with E-state index in [1.54, 1.807) is 0 Å². The van der Waals surface area contributed by atoms with Gasteiger partial charge < -0.3 is 9.97 Å². The Kier molecular flexibility index (Phi) is 2.64. The van der Waals surface area contributed by atoms with Gasteiger partial charge in [-0.25, -0.2) is 0 Å². The summed E-state index contributed by atoms with van der Waals surface area (Å²) in [4.78, 5) is 6.84. The number of fused-ring (bicyclic) bond motifs is 1. The second-order valence-corrected chi connectivity index (χ2v) is 5.84. The van der Waals surface area contributed by atoms with Crippen LogP contribution in [0.5, 0.6) is 0 Å². The number of hydrogen-bond acceptors (Lipinski definition) is 0. The van der Waals surface area contributed by atoms with Crippen LogP contribution < -0.4 is 0 Å². The van der Waals surface area contributed by atoms with E-state index in [9.17, 15) is 0 Å². The fraction of sp³-hybridized carbons (Fsp3) is 0.158. The van der Waals surface area contributed by atoms with E-state index >= 15 is 0 Å². The van der Waals surface area contributed by atoms with E-state index in [0.29, 0.717) is 5.92 Å². The molecule has 104 valence electrons. The van der Waals surface area contributed by atoms with Crippen molar-refractivity contribution < 1.29 is 0 Å². The van der Waals surface area contributed by atoms with Gasteiger partial charge in [0, 0.05) is 29.7 Å². The Balaban J connectivity index is 1.92. The molecule has 0 amide bonds. The molecule has 2 N–H and O–H groups in total. The molecule has 0 bridgehead atoms. The summed E-state index contributed by atoms with van der Waals surface area (Å²) in [5, 5.41) is 0. The first-order valence-electron chi connectivity index (χ1n) is 7.35. The summed E-state index contributed by atoms with van der Waals surface area (Å²) in [6, 6.07) is 17.2. The van der Waals surface area contributed by atoms with Crippen molar-refractivity contribution in [2.24, 2.45) is 0 Å². The third kappa shape index (κ3) is 1.72. The molecule has 1 aromatic carbocycles. The van der Waals surface area contributed by atoms with Gasteiger partial charge in [-0.3, -0.25) is 0 Å². The molecule has 0 saturated heterocycles. The summed E-state index contributed by atoms with van der Waals surface area (Å²) in [7, 11) is 0. The maximum atomic E-state index is 3.42. The fourth-order valence-corrected chi connectivity index (χ4v) is 3.54. The second kappa shape index (κ2) is 4.52. The standard InChI is InChI=1S/C19H18N2/c1-19(17-8-4-12-20-17,18-9-5-13-21-18)16-11-10-14-6-2-3-7-15(14)16/h2-13,16,20-21H,1H3. The molecule has 0 fully saturated rings. The smallest absolute Gasteiger partial charge is 0.0578 e. The van der Waals surface area contributed by atoms with Crippen molar-refractivity contribution >= 4 is 6.08 Å². The Morgan fingerprint density at radius 3 is 2.14 bits per heavy atom. The molecule has 0 radical (unpaired) electrons. The van der Waals surface area contributed by atoms with Gasteiger partial charge >= 0.3 is 0 Å². The molecule has 2 heteroatoms. The van der Waals surface area contributed by atoms with Crippen molar-refractivity contribution in [1.82, 2.24) is 9.97 Å². The Labute approximate surface area is 124 Å². The molecular weight excluding hydrogens is 256 g/mol. The quantitative estimate of drug-likeness (QED) is 0.706. The molecule has 4 rings (SSSR count). The van der Waals surface area contributed by atoms with E-state index in [-0.39, 0.29) is 5.41 Å². The van der Waals surface area contributed by atoms with E-state index in [2.05, 4.69) is 77.6 Å². The van der Waals surface area contributed by atoms with E-state index in [4.69, 9.17) is 0 Å². The highest BCUT2D eigenvalue weighted by atomic mass is 14.8. The second-order valence-electron chi connectivity index (χ2n) is 5.84. The Morgan fingerprint density at radius 2 is 1.52 bits per heavy atom. The monoisotopic (exact) mass is 274 g/mol.